The summed E-state index contributed by atoms with van der Waals surface area (Å²) in [7, 11) is 1.85. The van der Waals surface area contributed by atoms with Crippen molar-refractivity contribution in [3.8, 4) is 0 Å². The van der Waals surface area contributed by atoms with Crippen molar-refractivity contribution in [2.45, 2.75) is 31.6 Å². The molecule has 9 nitrogen and oxygen atoms in total. The number of hydrogen-bond acceptors (Lipinski definition) is 4. The molecule has 1 atom stereocenters. The minimum absolute atomic E-state index is 0.0112. The van der Waals surface area contributed by atoms with Crippen LogP contribution in [0, 0.1) is 0 Å². The molecular weight excluding hydrogens is 420 g/mol. The Bertz CT molecular complexity index is 1120. The molecule has 3 amide bonds. The Morgan fingerprint density at radius 1 is 1.03 bits per heavy atom. The molecule has 0 saturated carbocycles. The maximum atomic E-state index is 13.3. The molecule has 1 aliphatic heterocycles. The van der Waals surface area contributed by atoms with E-state index in [4.69, 9.17) is 0 Å². The molecule has 0 aliphatic carbocycles. The van der Waals surface area contributed by atoms with Crippen molar-refractivity contribution in [2.75, 3.05) is 26.2 Å². The zero-order valence-corrected chi connectivity index (χ0v) is 18.9. The second-order valence-electron chi connectivity index (χ2n) is 8.45. The maximum absolute atomic E-state index is 13.3. The molecule has 1 unspecified atom stereocenters. The molecule has 4 rings (SSSR count). The molecule has 1 aromatic carbocycles. The van der Waals surface area contributed by atoms with Gasteiger partial charge in [-0.15, -0.1) is 0 Å². The quantitative estimate of drug-likeness (QED) is 0.621. The number of hydrogen-bond donors (Lipinski definition) is 2. The number of benzene rings is 1. The summed E-state index contributed by atoms with van der Waals surface area (Å²) in [5, 5.41) is 10.2. The highest BCUT2D eigenvalue weighted by atomic mass is 16.2. The van der Waals surface area contributed by atoms with Gasteiger partial charge in [-0.25, -0.2) is 4.52 Å². The first-order chi connectivity index (χ1) is 16.0. The molecule has 1 aliphatic rings. The van der Waals surface area contributed by atoms with Crippen LogP contribution in [0.25, 0.3) is 5.65 Å². The average Bonchev–Trinajstić information content (AvgIpc) is 3.40. The van der Waals surface area contributed by atoms with Gasteiger partial charge >= 0.3 is 0 Å². The van der Waals surface area contributed by atoms with Crippen LogP contribution in [-0.2, 0) is 16.6 Å². The lowest BCUT2D eigenvalue weighted by molar-refractivity contribution is -0.123. The van der Waals surface area contributed by atoms with E-state index in [1.54, 1.807) is 10.7 Å². The smallest absolute Gasteiger partial charge is 0.259 e. The minimum Gasteiger partial charge on any atom is -0.356 e. The molecule has 0 spiro atoms. The van der Waals surface area contributed by atoms with Crippen molar-refractivity contribution < 1.29 is 14.4 Å². The molecule has 2 aromatic heterocycles. The van der Waals surface area contributed by atoms with Gasteiger partial charge in [0, 0.05) is 45.5 Å². The summed E-state index contributed by atoms with van der Waals surface area (Å²) in [6, 6.07) is 10.1. The monoisotopic (exact) mass is 450 g/mol. The predicted octanol–water partition coefficient (Wildman–Crippen LogP) is 1.71. The van der Waals surface area contributed by atoms with Crippen LogP contribution in [0.2, 0.25) is 0 Å². The first-order valence-corrected chi connectivity index (χ1v) is 11.4. The first-order valence-electron chi connectivity index (χ1n) is 11.4. The van der Waals surface area contributed by atoms with Crippen LogP contribution in [0.15, 0.2) is 48.9 Å². The van der Waals surface area contributed by atoms with Gasteiger partial charge in [-0.3, -0.25) is 14.4 Å². The Balaban J connectivity index is 1.48. The van der Waals surface area contributed by atoms with E-state index in [2.05, 4.69) is 27.9 Å². The molecule has 9 heteroatoms. The van der Waals surface area contributed by atoms with Gasteiger partial charge in [0.05, 0.1) is 12.7 Å². The summed E-state index contributed by atoms with van der Waals surface area (Å²) in [4.78, 5) is 39.9. The molecule has 0 radical (unpaired) electrons. The van der Waals surface area contributed by atoms with Gasteiger partial charge in [-0.1, -0.05) is 30.3 Å². The van der Waals surface area contributed by atoms with Crippen molar-refractivity contribution >= 4 is 23.4 Å². The van der Waals surface area contributed by atoms with Crippen LogP contribution in [0.3, 0.4) is 0 Å². The van der Waals surface area contributed by atoms with E-state index in [-0.39, 0.29) is 30.2 Å². The maximum Gasteiger partial charge on any atom is 0.259 e. The second kappa shape index (κ2) is 10.3. The van der Waals surface area contributed by atoms with Gasteiger partial charge in [0.15, 0.2) is 0 Å². The van der Waals surface area contributed by atoms with Gasteiger partial charge in [-0.05, 0) is 30.7 Å². The molecule has 3 aromatic rings. The van der Waals surface area contributed by atoms with Crippen LogP contribution in [0.1, 0.15) is 47.5 Å². The van der Waals surface area contributed by atoms with Crippen LogP contribution in [0.4, 0.5) is 0 Å². The number of carbonyl (C=O) groups is 3. The van der Waals surface area contributed by atoms with Crippen LogP contribution < -0.4 is 10.6 Å². The highest BCUT2D eigenvalue weighted by molar-refractivity contribution is 6.01. The van der Waals surface area contributed by atoms with Crippen molar-refractivity contribution in [1.82, 2.24) is 29.7 Å². The average molecular weight is 451 g/mol. The molecule has 33 heavy (non-hydrogen) atoms. The number of rotatable bonds is 2. The van der Waals surface area contributed by atoms with E-state index in [0.717, 1.165) is 18.4 Å². The molecular formula is C24H30N6O3. The summed E-state index contributed by atoms with van der Waals surface area (Å²) in [5.41, 5.74) is 2.29. The fraction of sp³-hybridized carbons (Fsp3) is 0.417. The Labute approximate surface area is 192 Å². The number of aryl methyl sites for hydroxylation is 1. The summed E-state index contributed by atoms with van der Waals surface area (Å²) in [6.07, 6.45) is 7.58. The van der Waals surface area contributed by atoms with E-state index in [0.29, 0.717) is 43.7 Å². The number of nitrogens with one attached hydrogen (secondary N) is 2. The topological polar surface area (TPSA) is 101 Å². The van der Waals surface area contributed by atoms with Crippen molar-refractivity contribution in [3.05, 3.63) is 60.0 Å². The second-order valence-corrected chi connectivity index (χ2v) is 8.45. The number of aromatic nitrogens is 3. The van der Waals surface area contributed by atoms with Gasteiger partial charge in [0.1, 0.15) is 11.2 Å². The Hall–Kier alpha value is -3.62. The van der Waals surface area contributed by atoms with E-state index in [1.165, 1.54) is 11.1 Å². The highest BCUT2D eigenvalue weighted by Gasteiger charge is 2.24. The Kier molecular flexibility index (Phi) is 7.07. The van der Waals surface area contributed by atoms with Gasteiger partial charge in [0.2, 0.25) is 11.8 Å². The summed E-state index contributed by atoms with van der Waals surface area (Å²) >= 11 is 0. The van der Waals surface area contributed by atoms with Crippen molar-refractivity contribution in [3.63, 3.8) is 0 Å². The standard InChI is InChI=1S/C24H30N6O3/c1-28-14-15-30-23(28)20(16-27-30)24(33)29-13-5-11-25-21(31)9-8-19(10-12-26-22(32)17-29)18-6-3-2-4-7-18/h2-4,6-7,14-16,19H,5,8-13,17H2,1H3,(H,25,31)(H,26,32). The fourth-order valence-corrected chi connectivity index (χ4v) is 4.33. The number of nitrogens with zero attached hydrogens (tertiary/aromatic N) is 4. The lowest BCUT2D eigenvalue weighted by Crippen LogP contribution is -2.42. The van der Waals surface area contributed by atoms with E-state index < -0.39 is 0 Å². The number of fused-ring (bicyclic) bond motifs is 1. The largest absolute Gasteiger partial charge is 0.356 e. The first kappa shape index (κ1) is 22.6. The molecule has 1 fully saturated rings. The van der Waals surface area contributed by atoms with Crippen molar-refractivity contribution in [2.24, 2.45) is 7.05 Å². The Morgan fingerprint density at radius 3 is 2.64 bits per heavy atom. The third kappa shape index (κ3) is 5.42. The minimum atomic E-state index is -0.248. The zero-order chi connectivity index (χ0) is 23.2. The van der Waals surface area contributed by atoms with Gasteiger partial charge in [-0.2, -0.15) is 5.10 Å². The van der Waals surface area contributed by atoms with Crippen molar-refractivity contribution in [1.29, 1.82) is 0 Å². The predicted molar refractivity (Wildman–Crippen MR) is 124 cm³/mol. The summed E-state index contributed by atoms with van der Waals surface area (Å²) in [5.74, 6) is -0.248. The summed E-state index contributed by atoms with van der Waals surface area (Å²) < 4.78 is 3.47. The van der Waals surface area contributed by atoms with E-state index in [1.807, 2.05) is 36.0 Å². The molecule has 2 N–H and O–H groups in total. The number of amides is 3. The number of imidazole rings is 1. The van der Waals surface area contributed by atoms with Crippen LogP contribution in [-0.4, -0.2) is 63.0 Å². The third-order valence-electron chi connectivity index (χ3n) is 6.12. The Morgan fingerprint density at radius 2 is 1.82 bits per heavy atom. The molecule has 1 saturated heterocycles. The normalized spacial score (nSPS) is 19.1. The molecule has 174 valence electrons. The van der Waals surface area contributed by atoms with Gasteiger partial charge in [0.25, 0.3) is 5.91 Å². The van der Waals surface area contributed by atoms with E-state index in [9.17, 15) is 14.4 Å². The molecule has 0 bridgehead atoms. The van der Waals surface area contributed by atoms with E-state index >= 15 is 0 Å². The highest BCUT2D eigenvalue weighted by Crippen LogP contribution is 2.24. The zero-order valence-electron chi connectivity index (χ0n) is 18.9. The van der Waals surface area contributed by atoms with Crippen LogP contribution >= 0.6 is 0 Å². The number of carbonyl (C=O) groups excluding carboxylic acids is 3. The van der Waals surface area contributed by atoms with Crippen LogP contribution in [0.5, 0.6) is 0 Å². The molecule has 3 heterocycles. The lowest BCUT2D eigenvalue weighted by Gasteiger charge is -2.23. The van der Waals surface area contributed by atoms with Gasteiger partial charge < -0.3 is 20.1 Å². The third-order valence-corrected chi connectivity index (χ3v) is 6.12. The fourth-order valence-electron chi connectivity index (χ4n) is 4.33. The lowest BCUT2D eigenvalue weighted by atomic mass is 9.91. The summed E-state index contributed by atoms with van der Waals surface area (Å²) in [6.45, 7) is 1.26. The SMILES string of the molecule is Cn1ccn2ncc(C(=O)N3CCCNC(=O)CCC(c4ccccc4)CCNC(=O)C3)c12.